The lowest BCUT2D eigenvalue weighted by molar-refractivity contribution is 0.0599. The van der Waals surface area contributed by atoms with Crippen LogP contribution in [0.1, 0.15) is 33.6 Å². The highest BCUT2D eigenvalue weighted by Crippen LogP contribution is 2.24. The number of nitrogens with zero attached hydrogens (tertiary/aromatic N) is 5. The monoisotopic (exact) mass is 477 g/mol. The summed E-state index contributed by atoms with van der Waals surface area (Å²) in [7, 11) is 0. The van der Waals surface area contributed by atoms with E-state index in [1.165, 1.54) is 16.9 Å². The lowest BCUT2D eigenvalue weighted by Crippen LogP contribution is -2.46. The van der Waals surface area contributed by atoms with Crippen molar-refractivity contribution in [2.24, 2.45) is 0 Å². The molecule has 4 heterocycles. The first-order valence-electron chi connectivity index (χ1n) is 12.0. The van der Waals surface area contributed by atoms with Crippen molar-refractivity contribution in [2.75, 3.05) is 44.2 Å². The van der Waals surface area contributed by atoms with E-state index in [0.717, 1.165) is 80.8 Å². The van der Waals surface area contributed by atoms with E-state index in [2.05, 4.69) is 38.0 Å². The second kappa shape index (κ2) is 10.5. The van der Waals surface area contributed by atoms with Gasteiger partial charge in [0, 0.05) is 71.0 Å². The highest BCUT2D eigenvalue weighted by molar-refractivity contribution is 7.12. The van der Waals surface area contributed by atoms with Crippen molar-refractivity contribution in [3.05, 3.63) is 70.2 Å². The molecule has 3 aromatic rings. The molecule has 0 unspecified atom stereocenters. The van der Waals surface area contributed by atoms with E-state index >= 15 is 0 Å². The molecular weight excluding hydrogens is 446 g/mol. The van der Waals surface area contributed by atoms with Crippen LogP contribution in [0.2, 0.25) is 0 Å². The number of piperidine rings is 1. The van der Waals surface area contributed by atoms with Crippen LogP contribution < -0.4 is 9.64 Å². The lowest BCUT2D eigenvalue weighted by atomic mass is 10.1. The van der Waals surface area contributed by atoms with Crippen molar-refractivity contribution in [1.82, 2.24) is 19.8 Å². The van der Waals surface area contributed by atoms with Gasteiger partial charge in [0.2, 0.25) is 5.95 Å². The van der Waals surface area contributed by atoms with E-state index in [0.29, 0.717) is 0 Å². The minimum Gasteiger partial charge on any atom is -0.490 e. The Morgan fingerprint density at radius 1 is 1.03 bits per heavy atom. The minimum absolute atomic E-state index is 0.151. The molecule has 178 valence electrons. The molecule has 2 aliphatic rings. The Morgan fingerprint density at radius 2 is 1.79 bits per heavy atom. The fourth-order valence-electron chi connectivity index (χ4n) is 4.64. The maximum absolute atomic E-state index is 12.8. The van der Waals surface area contributed by atoms with Gasteiger partial charge in [-0.2, -0.15) is 0 Å². The first-order valence-corrected chi connectivity index (χ1v) is 12.9. The molecule has 0 bridgehead atoms. The van der Waals surface area contributed by atoms with Gasteiger partial charge in [-0.1, -0.05) is 12.1 Å². The number of hydrogen-bond donors (Lipinski definition) is 0. The van der Waals surface area contributed by atoms with Crippen LogP contribution in [0.15, 0.2) is 54.2 Å². The summed E-state index contributed by atoms with van der Waals surface area (Å²) in [6, 6.07) is 12.3. The summed E-state index contributed by atoms with van der Waals surface area (Å²) in [6.07, 6.45) is 5.48. The third kappa shape index (κ3) is 5.39. The van der Waals surface area contributed by atoms with E-state index in [1.807, 2.05) is 35.4 Å². The van der Waals surface area contributed by atoms with Gasteiger partial charge >= 0.3 is 0 Å². The van der Waals surface area contributed by atoms with Crippen molar-refractivity contribution in [3.8, 4) is 5.75 Å². The average molecular weight is 478 g/mol. The maximum atomic E-state index is 12.8. The summed E-state index contributed by atoms with van der Waals surface area (Å²) < 4.78 is 6.32. The third-order valence-electron chi connectivity index (χ3n) is 6.60. The molecule has 2 fully saturated rings. The minimum atomic E-state index is 0.151. The number of thiophene rings is 1. The van der Waals surface area contributed by atoms with Crippen molar-refractivity contribution in [2.45, 2.75) is 32.4 Å². The van der Waals surface area contributed by atoms with Gasteiger partial charge in [-0.25, -0.2) is 9.97 Å². The SMILES string of the molecule is Cc1ccsc1C(=O)N1CCC(Oc2cccc(CN3CCN(c4ncccn4)CC3)c2)CC1. The number of ether oxygens (including phenoxy) is 1. The van der Waals surface area contributed by atoms with Crippen molar-refractivity contribution >= 4 is 23.2 Å². The molecule has 0 N–H and O–H groups in total. The van der Waals surface area contributed by atoms with Gasteiger partial charge < -0.3 is 14.5 Å². The molecule has 0 atom stereocenters. The Kier molecular flexibility index (Phi) is 7.06. The maximum Gasteiger partial charge on any atom is 0.264 e. The van der Waals surface area contributed by atoms with Crippen molar-refractivity contribution in [3.63, 3.8) is 0 Å². The highest BCUT2D eigenvalue weighted by atomic mass is 32.1. The van der Waals surface area contributed by atoms with Gasteiger partial charge in [0.1, 0.15) is 11.9 Å². The van der Waals surface area contributed by atoms with E-state index < -0.39 is 0 Å². The summed E-state index contributed by atoms with van der Waals surface area (Å²) in [5.74, 6) is 1.90. The summed E-state index contributed by atoms with van der Waals surface area (Å²) >= 11 is 1.53. The zero-order chi connectivity index (χ0) is 23.3. The number of aryl methyl sites for hydroxylation is 1. The molecule has 8 heteroatoms. The largest absolute Gasteiger partial charge is 0.490 e. The van der Waals surface area contributed by atoms with Crippen LogP contribution in [0.25, 0.3) is 0 Å². The zero-order valence-corrected chi connectivity index (χ0v) is 20.4. The van der Waals surface area contributed by atoms with Crippen LogP contribution in [0.5, 0.6) is 5.75 Å². The fourth-order valence-corrected chi connectivity index (χ4v) is 5.53. The average Bonchev–Trinajstić information content (AvgIpc) is 3.31. The second-order valence-corrected chi connectivity index (χ2v) is 9.92. The molecule has 1 aromatic carbocycles. The summed E-state index contributed by atoms with van der Waals surface area (Å²) in [4.78, 5) is 29.0. The first kappa shape index (κ1) is 22.8. The molecule has 5 rings (SSSR count). The molecule has 0 radical (unpaired) electrons. The third-order valence-corrected chi connectivity index (χ3v) is 7.60. The first-order chi connectivity index (χ1) is 16.7. The van der Waals surface area contributed by atoms with Crippen LogP contribution in [-0.2, 0) is 6.54 Å². The number of carbonyl (C=O) groups is 1. The molecule has 2 saturated heterocycles. The van der Waals surface area contributed by atoms with Crippen LogP contribution in [0, 0.1) is 6.92 Å². The predicted octanol–water partition coefficient (Wildman–Crippen LogP) is 3.85. The highest BCUT2D eigenvalue weighted by Gasteiger charge is 2.26. The summed E-state index contributed by atoms with van der Waals surface area (Å²) in [5.41, 5.74) is 2.34. The molecule has 0 aliphatic carbocycles. The Balaban J connectivity index is 1.10. The molecule has 7 nitrogen and oxygen atoms in total. The lowest BCUT2D eigenvalue weighted by Gasteiger charge is -2.34. The van der Waals surface area contributed by atoms with Gasteiger partial charge in [0.15, 0.2) is 0 Å². The number of amides is 1. The van der Waals surface area contributed by atoms with Gasteiger partial charge in [-0.05, 0) is 47.7 Å². The van der Waals surface area contributed by atoms with Crippen LogP contribution in [0.3, 0.4) is 0 Å². The number of rotatable bonds is 6. The van der Waals surface area contributed by atoms with E-state index in [-0.39, 0.29) is 12.0 Å². The van der Waals surface area contributed by atoms with E-state index in [4.69, 9.17) is 4.74 Å². The number of likely N-dealkylation sites (tertiary alicyclic amines) is 1. The molecule has 0 spiro atoms. The molecule has 2 aromatic heterocycles. The predicted molar refractivity (Wildman–Crippen MR) is 135 cm³/mol. The number of aromatic nitrogens is 2. The van der Waals surface area contributed by atoms with Gasteiger partial charge in [-0.15, -0.1) is 11.3 Å². The van der Waals surface area contributed by atoms with Crippen LogP contribution in [0.4, 0.5) is 5.95 Å². The van der Waals surface area contributed by atoms with Crippen molar-refractivity contribution < 1.29 is 9.53 Å². The van der Waals surface area contributed by atoms with Gasteiger partial charge in [0.05, 0.1) is 4.88 Å². The topological polar surface area (TPSA) is 61.8 Å². The normalized spacial score (nSPS) is 17.7. The summed E-state index contributed by atoms with van der Waals surface area (Å²) in [5, 5.41) is 1.99. The molecular formula is C26H31N5O2S. The molecule has 0 saturated carbocycles. The van der Waals surface area contributed by atoms with Crippen LogP contribution >= 0.6 is 11.3 Å². The van der Waals surface area contributed by atoms with E-state index in [9.17, 15) is 4.79 Å². The van der Waals surface area contributed by atoms with Crippen molar-refractivity contribution in [1.29, 1.82) is 0 Å². The number of benzene rings is 1. The number of piperazine rings is 1. The smallest absolute Gasteiger partial charge is 0.264 e. The Hall–Kier alpha value is -2.97. The molecule has 2 aliphatic heterocycles. The van der Waals surface area contributed by atoms with Gasteiger partial charge in [0.25, 0.3) is 5.91 Å². The standard InChI is InChI=1S/C26H31N5O2S/c1-20-8-17-34-24(20)25(32)30-11-6-22(7-12-30)33-23-5-2-4-21(18-23)19-29-13-15-31(16-14-29)26-27-9-3-10-28-26/h2-5,8-10,17-18,22H,6-7,11-16,19H2,1H3. The van der Waals surface area contributed by atoms with E-state index in [1.54, 1.807) is 12.4 Å². The number of hydrogen-bond acceptors (Lipinski definition) is 7. The second-order valence-electron chi connectivity index (χ2n) is 9.00. The zero-order valence-electron chi connectivity index (χ0n) is 19.6. The summed E-state index contributed by atoms with van der Waals surface area (Å²) in [6.45, 7) is 8.24. The van der Waals surface area contributed by atoms with Gasteiger partial charge in [-0.3, -0.25) is 9.69 Å². The molecule has 1 amide bonds. The Morgan fingerprint density at radius 3 is 2.50 bits per heavy atom. The van der Waals surface area contributed by atoms with Crippen LogP contribution in [-0.4, -0.2) is 71.0 Å². The fraction of sp³-hybridized carbons (Fsp3) is 0.423. The number of carbonyl (C=O) groups excluding carboxylic acids is 1. The number of anilines is 1. The quantitative estimate of drug-likeness (QED) is 0.537. The Bertz CT molecular complexity index is 1090. The molecule has 34 heavy (non-hydrogen) atoms. The Labute approximate surface area is 205 Å².